The largest absolute Gasteiger partial charge is 0.748 e. The van der Waals surface area contributed by atoms with E-state index in [2.05, 4.69) is 0 Å². The normalized spacial score (nSPS) is 18.0. The molecule has 0 N–H and O–H groups in total. The third kappa shape index (κ3) is 15.6. The van der Waals surface area contributed by atoms with Gasteiger partial charge >= 0.3 is 5.97 Å². The van der Waals surface area contributed by atoms with Crippen molar-refractivity contribution in [2.75, 3.05) is 76.2 Å². The zero-order valence-corrected chi connectivity index (χ0v) is 41.8. The van der Waals surface area contributed by atoms with Gasteiger partial charge in [-0.2, -0.15) is 0 Å². The van der Waals surface area contributed by atoms with E-state index in [1.54, 1.807) is 37.2 Å². The molecule has 0 spiro atoms. The maximum atomic E-state index is 12.9. The minimum absolute atomic E-state index is 0.0177. The molecule has 0 radical (unpaired) electrons. The minimum Gasteiger partial charge on any atom is -0.748 e. The molecule has 2 amide bonds. The fourth-order valence-electron chi connectivity index (χ4n) is 8.25. The van der Waals surface area contributed by atoms with E-state index in [9.17, 15) is 53.3 Å². The Balaban J connectivity index is 1.56. The Morgan fingerprint density at radius 2 is 1.49 bits per heavy atom. The van der Waals surface area contributed by atoms with Crippen LogP contribution < -0.4 is 14.8 Å². The second kappa shape index (κ2) is 23.4. The number of carbonyl (C=O) groups is 3. The molecule has 0 bridgehead atoms. The molecule has 5 rings (SSSR count). The molecule has 1 aromatic rings. The maximum absolute atomic E-state index is 12.9. The van der Waals surface area contributed by atoms with Gasteiger partial charge in [0.1, 0.15) is 34.8 Å². The van der Waals surface area contributed by atoms with Crippen LogP contribution in [-0.4, -0.2) is 133 Å². The predicted octanol–water partition coefficient (Wildman–Crippen LogP) is 3.36. The Morgan fingerprint density at radius 3 is 2.13 bits per heavy atom. The van der Waals surface area contributed by atoms with Crippen LogP contribution in [0.5, 0.6) is 0 Å². The van der Waals surface area contributed by atoms with Crippen molar-refractivity contribution in [3.63, 3.8) is 0 Å². The molecule has 3 heterocycles. The number of methoxy groups -OCH3 is 1. The number of ether oxygens (including phenoxy) is 3. The molecule has 1 fully saturated rings. The number of allylic oxidation sites excluding steroid dienone is 3. The van der Waals surface area contributed by atoms with Crippen LogP contribution in [0.2, 0.25) is 0 Å². The third-order valence-electron chi connectivity index (χ3n) is 11.6. The zero-order valence-electron chi connectivity index (χ0n) is 39.3. The summed E-state index contributed by atoms with van der Waals surface area (Å²) in [6.45, 7) is 10.2. The second-order valence-electron chi connectivity index (χ2n) is 17.9. The molecule has 20 nitrogen and oxygen atoms in total. The van der Waals surface area contributed by atoms with Crippen LogP contribution in [-0.2, 0) is 74.6 Å². The van der Waals surface area contributed by atoms with Crippen molar-refractivity contribution in [1.29, 1.82) is 0 Å². The molecule has 0 saturated carbocycles. The van der Waals surface area contributed by atoms with Gasteiger partial charge in [0.2, 0.25) is 5.36 Å². The van der Waals surface area contributed by atoms with Crippen LogP contribution in [0.15, 0.2) is 69.6 Å². The van der Waals surface area contributed by atoms with Crippen LogP contribution in [0.1, 0.15) is 89.5 Å². The number of hydroxylamine groups is 2. The molecule has 1 aliphatic carbocycles. The van der Waals surface area contributed by atoms with Crippen molar-refractivity contribution in [3.05, 3.63) is 82.6 Å². The van der Waals surface area contributed by atoms with Gasteiger partial charge in [-0.15, -0.1) is 5.06 Å². The lowest BCUT2D eigenvalue weighted by Gasteiger charge is -2.30. The second-order valence-corrected chi connectivity index (χ2v) is 22.3. The fraction of sp³-hybridized carbons (Fsp3) is 0.522. The molecule has 23 heteroatoms. The Labute approximate surface area is 403 Å². The lowest BCUT2D eigenvalue weighted by molar-refractivity contribution is -0.197. The van der Waals surface area contributed by atoms with Gasteiger partial charge in [0, 0.05) is 79.3 Å². The smallest absolute Gasteiger partial charge is 0.333 e. The molecule has 1 atom stereocenters. The van der Waals surface area contributed by atoms with Gasteiger partial charge in [0.15, 0.2) is 6.54 Å². The number of amides is 2. The lowest BCUT2D eigenvalue weighted by atomic mass is 9.77. The summed E-state index contributed by atoms with van der Waals surface area (Å²) in [6.07, 6.45) is 4.77. The minimum atomic E-state index is -4.95. The summed E-state index contributed by atoms with van der Waals surface area (Å²) in [7, 11) is -12.5. The number of benzene rings is 2. The van der Waals surface area contributed by atoms with E-state index in [1.165, 1.54) is 12.1 Å². The SMILES string of the molecule is COCCOCCOCC[N+](CCCS(=O)(=O)[O-])=c1ccc2c(C(C)(C)C)cc(/C=C/C=C3/N(CCCS(=O)(=O)[O-])c4ccc(S(=O)(=O)[O-])cc4C3(C)CCCC(=O)ON3C(=O)CCC3=O)oc-2c1. The molecular formula is C46H59N3O17S3-2. The number of rotatable bonds is 25. The summed E-state index contributed by atoms with van der Waals surface area (Å²) in [5, 5.41) is 1.11. The highest BCUT2D eigenvalue weighted by Gasteiger charge is 2.43. The number of nitrogens with zero attached hydrogens (tertiary/aromatic N) is 3. The van der Waals surface area contributed by atoms with Crippen LogP contribution in [0.3, 0.4) is 0 Å². The summed E-state index contributed by atoms with van der Waals surface area (Å²) in [6, 6.07) is 11.3. The van der Waals surface area contributed by atoms with Crippen LogP contribution in [0, 0.1) is 0 Å². The van der Waals surface area contributed by atoms with Crippen LogP contribution in [0.4, 0.5) is 5.69 Å². The number of anilines is 1. The Hall–Kier alpha value is -4.85. The van der Waals surface area contributed by atoms with E-state index in [1.807, 2.05) is 49.6 Å². The van der Waals surface area contributed by atoms with Crippen LogP contribution >= 0.6 is 0 Å². The summed E-state index contributed by atoms with van der Waals surface area (Å²) in [5.41, 5.74) is 1.45. The number of fused-ring (bicyclic) bond motifs is 2. The summed E-state index contributed by atoms with van der Waals surface area (Å²) in [4.78, 5) is 43.3. The van der Waals surface area contributed by atoms with Gasteiger partial charge in [0.25, 0.3) is 11.8 Å². The summed E-state index contributed by atoms with van der Waals surface area (Å²) < 4.78 is 131. The van der Waals surface area contributed by atoms with E-state index in [0.29, 0.717) is 71.9 Å². The van der Waals surface area contributed by atoms with Crippen molar-refractivity contribution in [2.24, 2.45) is 0 Å². The van der Waals surface area contributed by atoms with E-state index in [-0.39, 0.29) is 64.6 Å². The van der Waals surface area contributed by atoms with Crippen molar-refractivity contribution in [2.45, 2.75) is 88.4 Å². The summed E-state index contributed by atoms with van der Waals surface area (Å²) in [5.74, 6) is -2.53. The van der Waals surface area contributed by atoms with Gasteiger partial charge in [0.05, 0.1) is 57.6 Å². The highest BCUT2D eigenvalue weighted by molar-refractivity contribution is 7.86. The number of hydrogen-bond acceptors (Lipinski definition) is 18. The molecular weight excluding hydrogens is 963 g/mol. The van der Waals surface area contributed by atoms with Crippen molar-refractivity contribution in [1.82, 2.24) is 9.64 Å². The van der Waals surface area contributed by atoms with E-state index < -0.39 is 75.4 Å². The first-order valence-corrected chi connectivity index (χ1v) is 26.9. The van der Waals surface area contributed by atoms with Gasteiger partial charge in [-0.1, -0.05) is 26.8 Å². The standard InChI is InChI=1S/C46H61N3O17S3/c1-45(2,3)37-31-34(65-40-30-33(13-15-36(37)40)47(20-8-28-67(53,54)55)22-23-63-26-27-64-25-24-62-5)10-6-11-41-46(4,19-7-12-44(52)66-49-42(50)17-18-43(49)51)38-32-35(69(59,60)61)14-16-39(38)48(41)21-9-29-68(56,57)58/h6,10-11,13-16,30-32H,7-9,12,17-29H2,1-5H3,(H2-,53,54,55,56,57,58,59,60,61)/p-2. The third-order valence-corrected chi connectivity index (χ3v) is 14.0. The monoisotopic (exact) mass is 1020 g/mol. The Morgan fingerprint density at radius 1 is 0.841 bits per heavy atom. The average molecular weight is 1020 g/mol. The van der Waals surface area contributed by atoms with Gasteiger partial charge in [-0.05, 0) is 85.2 Å². The first-order valence-electron chi connectivity index (χ1n) is 22.3. The number of hydrogen-bond donors (Lipinski definition) is 0. The van der Waals surface area contributed by atoms with Crippen molar-refractivity contribution in [3.8, 4) is 11.3 Å². The van der Waals surface area contributed by atoms with Crippen molar-refractivity contribution < 1.29 is 76.8 Å². The topological polar surface area (TPSA) is 282 Å². The number of carbonyl (C=O) groups excluding carboxylic acids is 3. The highest BCUT2D eigenvalue weighted by atomic mass is 32.2. The van der Waals surface area contributed by atoms with Gasteiger partial charge < -0.3 is 42.0 Å². The van der Waals surface area contributed by atoms with E-state index in [0.717, 1.165) is 17.2 Å². The molecule has 1 saturated heterocycles. The Bertz CT molecular complexity index is 2780. The molecule has 69 heavy (non-hydrogen) atoms. The first-order chi connectivity index (χ1) is 32.3. The van der Waals surface area contributed by atoms with Gasteiger partial charge in [-0.3, -0.25) is 9.59 Å². The average Bonchev–Trinajstić information content (AvgIpc) is 3.68. The number of imide groups is 1. The predicted molar refractivity (Wildman–Crippen MR) is 248 cm³/mol. The zero-order chi connectivity index (χ0) is 50.8. The molecule has 380 valence electrons. The van der Waals surface area contributed by atoms with Crippen LogP contribution in [0.25, 0.3) is 17.4 Å². The quantitative estimate of drug-likeness (QED) is 0.0509. The van der Waals surface area contributed by atoms with E-state index in [4.69, 9.17) is 23.5 Å². The van der Waals surface area contributed by atoms with Gasteiger partial charge in [-0.25, -0.2) is 34.6 Å². The molecule has 0 aromatic heterocycles. The molecule has 1 aromatic carbocycles. The Kier molecular flexibility index (Phi) is 18.7. The maximum Gasteiger partial charge on any atom is 0.333 e. The fourth-order valence-corrected chi connectivity index (χ4v) is 9.71. The van der Waals surface area contributed by atoms with Crippen molar-refractivity contribution >= 4 is 59.9 Å². The highest BCUT2D eigenvalue weighted by Crippen LogP contribution is 2.51. The summed E-state index contributed by atoms with van der Waals surface area (Å²) >= 11 is 0. The lowest BCUT2D eigenvalue weighted by Crippen LogP contribution is -2.35. The molecule has 1 unspecified atom stereocenters. The molecule has 3 aliphatic heterocycles. The first kappa shape index (κ1) is 55.1. The van der Waals surface area contributed by atoms with E-state index >= 15 is 0 Å². The molecule has 4 aliphatic rings.